The Labute approximate surface area is 166 Å². The first-order chi connectivity index (χ1) is 13.4. The summed E-state index contributed by atoms with van der Waals surface area (Å²) >= 11 is 0. The first-order valence-electron chi connectivity index (χ1n) is 9.66. The van der Waals surface area contributed by atoms with Crippen LogP contribution in [0.4, 0.5) is 4.39 Å². The number of nitrogens with zero attached hydrogens (tertiary/aromatic N) is 1. The van der Waals surface area contributed by atoms with Crippen molar-refractivity contribution in [2.45, 2.75) is 42.5 Å². The van der Waals surface area contributed by atoms with Gasteiger partial charge in [-0.2, -0.15) is 0 Å². The van der Waals surface area contributed by atoms with E-state index in [4.69, 9.17) is 14.2 Å². The minimum atomic E-state index is -4.04. The average Bonchev–Trinajstić information content (AvgIpc) is 2.73. The van der Waals surface area contributed by atoms with Crippen LogP contribution in [0.3, 0.4) is 0 Å². The zero-order valence-electron chi connectivity index (χ0n) is 16.5. The Kier molecular flexibility index (Phi) is 6.80. The molecule has 0 amide bonds. The van der Waals surface area contributed by atoms with Crippen molar-refractivity contribution in [2.24, 2.45) is 0 Å². The molecule has 2 fully saturated rings. The molecule has 0 unspecified atom stereocenters. The molecule has 158 valence electrons. The minimum absolute atomic E-state index is 0.149. The number of ether oxygens (including phenoxy) is 3. The van der Waals surface area contributed by atoms with Gasteiger partial charge in [-0.3, -0.25) is 4.90 Å². The van der Waals surface area contributed by atoms with Gasteiger partial charge in [-0.15, -0.1) is 0 Å². The van der Waals surface area contributed by atoms with Crippen LogP contribution in [0.15, 0.2) is 17.0 Å². The van der Waals surface area contributed by atoms with Crippen LogP contribution in [0.25, 0.3) is 0 Å². The SMILES string of the molecule is COc1cc(F)c(S(=O)(=O)NCC2(N3CCOCC3)CCCCC2)cc1OC. The molecule has 0 bridgehead atoms. The van der Waals surface area contributed by atoms with E-state index in [9.17, 15) is 12.8 Å². The Bertz CT molecular complexity index is 775. The van der Waals surface area contributed by atoms with Gasteiger partial charge in [0.2, 0.25) is 10.0 Å². The molecule has 1 aromatic rings. The Balaban J connectivity index is 1.82. The lowest BCUT2D eigenvalue weighted by Crippen LogP contribution is -2.59. The molecule has 3 rings (SSSR count). The van der Waals surface area contributed by atoms with Crippen LogP contribution >= 0.6 is 0 Å². The zero-order chi connectivity index (χ0) is 20.2. The highest BCUT2D eigenvalue weighted by Crippen LogP contribution is 2.35. The van der Waals surface area contributed by atoms with Crippen LogP contribution in [-0.4, -0.2) is 65.9 Å². The fourth-order valence-corrected chi connectivity index (χ4v) is 5.39. The van der Waals surface area contributed by atoms with E-state index in [1.54, 1.807) is 0 Å². The Morgan fingerprint density at radius 1 is 1.11 bits per heavy atom. The molecule has 7 nitrogen and oxygen atoms in total. The number of nitrogens with one attached hydrogen (secondary N) is 1. The first-order valence-corrected chi connectivity index (χ1v) is 11.1. The number of hydrogen-bond acceptors (Lipinski definition) is 6. The number of benzene rings is 1. The van der Waals surface area contributed by atoms with E-state index in [1.807, 2.05) is 0 Å². The lowest BCUT2D eigenvalue weighted by molar-refractivity contribution is -0.0348. The molecule has 0 radical (unpaired) electrons. The summed E-state index contributed by atoms with van der Waals surface area (Å²) in [7, 11) is -1.29. The van der Waals surface area contributed by atoms with E-state index < -0.39 is 20.7 Å². The number of hydrogen-bond donors (Lipinski definition) is 1. The molecule has 0 aromatic heterocycles. The quantitative estimate of drug-likeness (QED) is 0.734. The van der Waals surface area contributed by atoms with Gasteiger partial charge < -0.3 is 14.2 Å². The number of sulfonamides is 1. The monoisotopic (exact) mass is 416 g/mol. The molecule has 1 heterocycles. The summed E-state index contributed by atoms with van der Waals surface area (Å²) in [4.78, 5) is 1.90. The van der Waals surface area contributed by atoms with Crippen molar-refractivity contribution in [1.29, 1.82) is 0 Å². The van der Waals surface area contributed by atoms with Crippen molar-refractivity contribution in [1.82, 2.24) is 9.62 Å². The summed E-state index contributed by atoms with van der Waals surface area (Å²) in [6, 6.07) is 2.20. The third kappa shape index (κ3) is 4.42. The minimum Gasteiger partial charge on any atom is -0.493 e. The normalized spacial score (nSPS) is 20.7. The number of morpholine rings is 1. The largest absolute Gasteiger partial charge is 0.493 e. The second-order valence-corrected chi connectivity index (χ2v) is 9.08. The summed E-state index contributed by atoms with van der Waals surface area (Å²) in [5, 5.41) is 0. The van der Waals surface area contributed by atoms with Gasteiger partial charge in [-0.25, -0.2) is 17.5 Å². The summed E-state index contributed by atoms with van der Waals surface area (Å²) in [5.41, 5.74) is -0.248. The molecule has 1 N–H and O–H groups in total. The Hall–Kier alpha value is -1.42. The standard InChI is InChI=1S/C19H29FN2O5S/c1-25-16-12-15(20)18(13-17(16)26-2)28(23,24)21-14-19(6-4-3-5-7-19)22-8-10-27-11-9-22/h12-13,21H,3-11,14H2,1-2H3. The molecule has 0 spiro atoms. The maximum atomic E-state index is 14.5. The van der Waals surface area contributed by atoms with Gasteiger partial charge in [0.05, 0.1) is 27.4 Å². The molecule has 9 heteroatoms. The molecule has 1 saturated carbocycles. The highest BCUT2D eigenvalue weighted by molar-refractivity contribution is 7.89. The van der Waals surface area contributed by atoms with Crippen molar-refractivity contribution < 1.29 is 27.0 Å². The lowest BCUT2D eigenvalue weighted by atomic mass is 9.80. The van der Waals surface area contributed by atoms with Gasteiger partial charge in [-0.1, -0.05) is 19.3 Å². The van der Waals surface area contributed by atoms with Crippen molar-refractivity contribution in [3.63, 3.8) is 0 Å². The van der Waals surface area contributed by atoms with Crippen LogP contribution < -0.4 is 14.2 Å². The van der Waals surface area contributed by atoms with E-state index in [0.717, 1.165) is 51.3 Å². The molecule has 2 aliphatic rings. The van der Waals surface area contributed by atoms with Gasteiger partial charge >= 0.3 is 0 Å². The molecule has 1 aromatic carbocycles. The Morgan fingerprint density at radius 2 is 1.71 bits per heavy atom. The predicted molar refractivity (Wildman–Crippen MR) is 103 cm³/mol. The molecule has 0 atom stereocenters. The highest BCUT2D eigenvalue weighted by Gasteiger charge is 2.39. The number of halogens is 1. The van der Waals surface area contributed by atoms with Crippen LogP contribution in [0.2, 0.25) is 0 Å². The van der Waals surface area contributed by atoms with Crippen molar-refractivity contribution in [3.8, 4) is 11.5 Å². The zero-order valence-corrected chi connectivity index (χ0v) is 17.3. The molecular weight excluding hydrogens is 387 g/mol. The van der Waals surface area contributed by atoms with Crippen LogP contribution in [-0.2, 0) is 14.8 Å². The van der Waals surface area contributed by atoms with Gasteiger partial charge in [0, 0.05) is 37.3 Å². The third-order valence-corrected chi connectivity index (χ3v) is 7.20. The topological polar surface area (TPSA) is 77.1 Å². The summed E-state index contributed by atoms with van der Waals surface area (Å²) in [5.74, 6) is -0.546. The molecule has 1 saturated heterocycles. The van der Waals surface area contributed by atoms with Gasteiger partial charge in [0.1, 0.15) is 10.7 Å². The summed E-state index contributed by atoms with van der Waals surface area (Å²) in [6.07, 6.45) is 5.12. The van der Waals surface area contributed by atoms with Crippen LogP contribution in [0, 0.1) is 5.82 Å². The summed E-state index contributed by atoms with van der Waals surface area (Å²) in [6.45, 7) is 3.12. The highest BCUT2D eigenvalue weighted by atomic mass is 32.2. The fraction of sp³-hybridized carbons (Fsp3) is 0.684. The van der Waals surface area contributed by atoms with Crippen molar-refractivity contribution >= 4 is 10.0 Å². The predicted octanol–water partition coefficient (Wildman–Crippen LogP) is 2.16. The van der Waals surface area contributed by atoms with E-state index in [-0.39, 0.29) is 23.6 Å². The smallest absolute Gasteiger partial charge is 0.243 e. The van der Waals surface area contributed by atoms with Crippen LogP contribution in [0.1, 0.15) is 32.1 Å². The summed E-state index contributed by atoms with van der Waals surface area (Å²) < 4.78 is 58.6. The maximum absolute atomic E-state index is 14.5. The van der Waals surface area contributed by atoms with Gasteiger partial charge in [0.25, 0.3) is 0 Å². The molecule has 1 aliphatic carbocycles. The van der Waals surface area contributed by atoms with E-state index in [1.165, 1.54) is 20.3 Å². The lowest BCUT2D eigenvalue weighted by Gasteiger charge is -2.48. The molecular formula is C19H29FN2O5S. The Morgan fingerprint density at radius 3 is 2.32 bits per heavy atom. The van der Waals surface area contributed by atoms with Gasteiger partial charge in [-0.05, 0) is 12.8 Å². The number of methoxy groups -OCH3 is 2. The first kappa shape index (κ1) is 21.3. The van der Waals surface area contributed by atoms with Gasteiger partial charge in [0.15, 0.2) is 11.5 Å². The van der Waals surface area contributed by atoms with E-state index in [0.29, 0.717) is 13.2 Å². The third-order valence-electron chi connectivity index (χ3n) is 5.79. The number of rotatable bonds is 7. The molecule has 28 heavy (non-hydrogen) atoms. The van der Waals surface area contributed by atoms with E-state index in [2.05, 4.69) is 9.62 Å². The fourth-order valence-electron chi connectivity index (χ4n) is 4.20. The van der Waals surface area contributed by atoms with E-state index >= 15 is 0 Å². The van der Waals surface area contributed by atoms with Crippen molar-refractivity contribution in [2.75, 3.05) is 47.1 Å². The van der Waals surface area contributed by atoms with Crippen LogP contribution in [0.5, 0.6) is 11.5 Å². The maximum Gasteiger partial charge on any atom is 0.243 e. The van der Waals surface area contributed by atoms with Crippen molar-refractivity contribution in [3.05, 3.63) is 17.9 Å². The second kappa shape index (κ2) is 8.94. The second-order valence-electron chi connectivity index (χ2n) is 7.35. The average molecular weight is 417 g/mol. The molecule has 1 aliphatic heterocycles.